The number of hydrogen-bond donors (Lipinski definition) is 1. The molecule has 0 aliphatic heterocycles. The molecule has 1 aromatic carbocycles. The second-order valence-corrected chi connectivity index (χ2v) is 5.20. The molecule has 0 unspecified atom stereocenters. The van der Waals surface area contributed by atoms with E-state index >= 15 is 0 Å². The molecule has 1 aromatic heterocycles. The Kier molecular flexibility index (Phi) is 5.97. The second-order valence-electron chi connectivity index (χ2n) is 4.38. The zero-order chi connectivity index (χ0) is 16.1. The number of benzene rings is 1. The lowest BCUT2D eigenvalue weighted by Crippen LogP contribution is -2.13. The molecule has 0 aliphatic carbocycles. The van der Waals surface area contributed by atoms with E-state index < -0.39 is 6.29 Å². The van der Waals surface area contributed by atoms with Crippen LogP contribution in [0.15, 0.2) is 24.3 Å². The smallest absolute Gasteiger partial charge is 0.202 e. The third kappa shape index (κ3) is 3.87. The maximum Gasteiger partial charge on any atom is 0.202 e. The molecule has 7 heteroatoms. The number of nitrogen functional groups attached to an aromatic ring is 1. The standard InChI is InChI=1S/C15H17Cl2N3O2/c1-3-21-15(22-4-2)12-11(17)13(18)20-14(19-12)9-5-7-10(16)8-6-9/h5-8,15H,3-4H2,1-2H3,(H2,18,19,20). The Morgan fingerprint density at radius 1 is 1.05 bits per heavy atom. The minimum absolute atomic E-state index is 0.182. The summed E-state index contributed by atoms with van der Waals surface area (Å²) in [4.78, 5) is 8.67. The van der Waals surface area contributed by atoms with Crippen LogP contribution in [0.3, 0.4) is 0 Å². The molecule has 0 radical (unpaired) electrons. The fourth-order valence-electron chi connectivity index (χ4n) is 1.88. The third-order valence-corrected chi connectivity index (χ3v) is 3.50. The summed E-state index contributed by atoms with van der Waals surface area (Å²) in [7, 11) is 0. The van der Waals surface area contributed by atoms with Crippen molar-refractivity contribution < 1.29 is 9.47 Å². The molecule has 0 aliphatic rings. The van der Waals surface area contributed by atoms with Crippen molar-refractivity contribution in [2.75, 3.05) is 18.9 Å². The summed E-state index contributed by atoms with van der Waals surface area (Å²) in [6.07, 6.45) is -0.682. The highest BCUT2D eigenvalue weighted by molar-refractivity contribution is 6.33. The van der Waals surface area contributed by atoms with Gasteiger partial charge in [0.05, 0.1) is 0 Å². The zero-order valence-electron chi connectivity index (χ0n) is 12.3. The lowest BCUT2D eigenvalue weighted by molar-refractivity contribution is -0.142. The van der Waals surface area contributed by atoms with Gasteiger partial charge in [0.25, 0.3) is 0 Å². The zero-order valence-corrected chi connectivity index (χ0v) is 13.9. The second kappa shape index (κ2) is 7.74. The highest BCUT2D eigenvalue weighted by Crippen LogP contribution is 2.31. The van der Waals surface area contributed by atoms with Crippen molar-refractivity contribution >= 4 is 29.0 Å². The summed E-state index contributed by atoms with van der Waals surface area (Å²) in [5, 5.41) is 0.872. The van der Waals surface area contributed by atoms with Crippen molar-refractivity contribution in [2.45, 2.75) is 20.1 Å². The van der Waals surface area contributed by atoms with E-state index in [9.17, 15) is 0 Å². The van der Waals surface area contributed by atoms with Gasteiger partial charge in [-0.15, -0.1) is 0 Å². The normalized spacial score (nSPS) is 11.1. The largest absolute Gasteiger partial charge is 0.382 e. The van der Waals surface area contributed by atoms with Crippen molar-refractivity contribution in [2.24, 2.45) is 0 Å². The quantitative estimate of drug-likeness (QED) is 0.800. The van der Waals surface area contributed by atoms with Crippen molar-refractivity contribution in [1.29, 1.82) is 0 Å². The van der Waals surface area contributed by atoms with Crippen LogP contribution in [-0.4, -0.2) is 23.2 Å². The number of nitrogens with two attached hydrogens (primary N) is 1. The summed E-state index contributed by atoms with van der Waals surface area (Å²) in [6.45, 7) is 4.65. The monoisotopic (exact) mass is 341 g/mol. The van der Waals surface area contributed by atoms with Crippen LogP contribution in [-0.2, 0) is 9.47 Å². The first-order chi connectivity index (χ1) is 10.6. The molecule has 2 rings (SSSR count). The SMILES string of the molecule is CCOC(OCC)c1nc(-c2ccc(Cl)cc2)nc(N)c1Cl. The van der Waals surface area contributed by atoms with Crippen LogP contribution in [0.2, 0.25) is 10.0 Å². The first-order valence-electron chi connectivity index (χ1n) is 6.88. The Labute approximate surface area is 139 Å². The molecule has 0 atom stereocenters. The van der Waals surface area contributed by atoms with Crippen LogP contribution in [0.25, 0.3) is 11.4 Å². The minimum atomic E-state index is -0.682. The highest BCUT2D eigenvalue weighted by Gasteiger charge is 2.21. The van der Waals surface area contributed by atoms with E-state index in [4.69, 9.17) is 38.4 Å². The summed E-state index contributed by atoms with van der Waals surface area (Å²) in [6, 6.07) is 7.14. The number of halogens is 2. The number of anilines is 1. The van der Waals surface area contributed by atoms with E-state index in [1.165, 1.54) is 0 Å². The third-order valence-electron chi connectivity index (χ3n) is 2.86. The molecule has 118 valence electrons. The molecule has 0 bridgehead atoms. The van der Waals surface area contributed by atoms with Crippen LogP contribution >= 0.6 is 23.2 Å². The van der Waals surface area contributed by atoms with Gasteiger partial charge in [-0.2, -0.15) is 0 Å². The van der Waals surface area contributed by atoms with Crippen molar-refractivity contribution in [3.63, 3.8) is 0 Å². The maximum atomic E-state index is 6.21. The van der Waals surface area contributed by atoms with Crippen molar-refractivity contribution in [3.8, 4) is 11.4 Å². The first-order valence-corrected chi connectivity index (χ1v) is 7.64. The minimum Gasteiger partial charge on any atom is -0.382 e. The van der Waals surface area contributed by atoms with Gasteiger partial charge in [0.15, 0.2) is 5.82 Å². The molecule has 2 N–H and O–H groups in total. The lowest BCUT2D eigenvalue weighted by atomic mass is 10.2. The first kappa shape index (κ1) is 17.0. The summed E-state index contributed by atoms with van der Waals surface area (Å²) in [5.74, 6) is 0.624. The molecule has 2 aromatic rings. The van der Waals surface area contributed by atoms with Gasteiger partial charge >= 0.3 is 0 Å². The Balaban J connectivity index is 2.47. The van der Waals surface area contributed by atoms with Gasteiger partial charge in [-0.1, -0.05) is 23.2 Å². The molecular weight excluding hydrogens is 325 g/mol. The molecular formula is C15H17Cl2N3O2. The number of nitrogens with zero attached hydrogens (tertiary/aromatic N) is 2. The Morgan fingerprint density at radius 3 is 2.18 bits per heavy atom. The van der Waals surface area contributed by atoms with Gasteiger partial charge in [0.2, 0.25) is 6.29 Å². The van der Waals surface area contributed by atoms with Gasteiger partial charge in [-0.25, -0.2) is 9.97 Å². The molecule has 22 heavy (non-hydrogen) atoms. The molecule has 0 amide bonds. The predicted octanol–water partition coefficient (Wildman–Crippen LogP) is 4.10. The number of rotatable bonds is 6. The van der Waals surface area contributed by atoms with Crippen molar-refractivity contribution in [3.05, 3.63) is 40.0 Å². The van der Waals surface area contributed by atoms with E-state index in [1.54, 1.807) is 12.1 Å². The number of aromatic nitrogens is 2. The van der Waals surface area contributed by atoms with Crippen LogP contribution < -0.4 is 5.73 Å². The van der Waals surface area contributed by atoms with Crippen LogP contribution in [0.5, 0.6) is 0 Å². The van der Waals surface area contributed by atoms with E-state index in [0.29, 0.717) is 29.8 Å². The summed E-state index contributed by atoms with van der Waals surface area (Å²) < 4.78 is 11.1. The van der Waals surface area contributed by atoms with Crippen molar-refractivity contribution in [1.82, 2.24) is 9.97 Å². The molecule has 1 heterocycles. The van der Waals surface area contributed by atoms with Gasteiger partial charge in [0, 0.05) is 23.8 Å². The lowest BCUT2D eigenvalue weighted by Gasteiger charge is -2.18. The van der Waals surface area contributed by atoms with Gasteiger partial charge in [-0.05, 0) is 38.1 Å². The Hall–Kier alpha value is -1.40. The highest BCUT2D eigenvalue weighted by atomic mass is 35.5. The van der Waals surface area contributed by atoms with Crippen LogP contribution in [0.4, 0.5) is 5.82 Å². The molecule has 0 fully saturated rings. The summed E-state index contributed by atoms with van der Waals surface area (Å²) >= 11 is 12.1. The van der Waals surface area contributed by atoms with E-state index in [0.717, 1.165) is 5.56 Å². The van der Waals surface area contributed by atoms with E-state index in [2.05, 4.69) is 9.97 Å². The molecule has 0 saturated heterocycles. The average molecular weight is 342 g/mol. The molecule has 0 saturated carbocycles. The Bertz CT molecular complexity index is 629. The van der Waals surface area contributed by atoms with Crippen LogP contribution in [0, 0.1) is 0 Å². The van der Waals surface area contributed by atoms with Crippen LogP contribution in [0.1, 0.15) is 25.8 Å². The molecule has 0 spiro atoms. The number of hydrogen-bond acceptors (Lipinski definition) is 5. The van der Waals surface area contributed by atoms with Gasteiger partial charge in [-0.3, -0.25) is 0 Å². The predicted molar refractivity (Wildman–Crippen MR) is 87.9 cm³/mol. The Morgan fingerprint density at radius 2 is 1.64 bits per heavy atom. The fourth-order valence-corrected chi connectivity index (χ4v) is 2.18. The average Bonchev–Trinajstić information content (AvgIpc) is 2.50. The summed E-state index contributed by atoms with van der Waals surface area (Å²) in [5.41, 5.74) is 7.10. The van der Waals surface area contributed by atoms with E-state index in [1.807, 2.05) is 26.0 Å². The molecule has 5 nitrogen and oxygen atoms in total. The maximum absolute atomic E-state index is 6.21. The number of ether oxygens (including phenoxy) is 2. The van der Waals surface area contributed by atoms with Gasteiger partial charge in [0.1, 0.15) is 16.5 Å². The van der Waals surface area contributed by atoms with E-state index in [-0.39, 0.29) is 10.8 Å². The topological polar surface area (TPSA) is 70.3 Å². The van der Waals surface area contributed by atoms with Gasteiger partial charge < -0.3 is 15.2 Å². The fraction of sp³-hybridized carbons (Fsp3) is 0.333.